The van der Waals surface area contributed by atoms with Crippen LogP contribution in [0.1, 0.15) is 52.9 Å². The summed E-state index contributed by atoms with van der Waals surface area (Å²) in [7, 11) is 0. The summed E-state index contributed by atoms with van der Waals surface area (Å²) in [6.45, 7) is 7.41. The van der Waals surface area contributed by atoms with E-state index in [4.69, 9.17) is 9.47 Å². The van der Waals surface area contributed by atoms with Gasteiger partial charge in [0.15, 0.2) is 0 Å². The van der Waals surface area contributed by atoms with Gasteiger partial charge < -0.3 is 14.4 Å². The van der Waals surface area contributed by atoms with Gasteiger partial charge >= 0.3 is 0 Å². The largest absolute Gasteiger partial charge is 0.377 e. The molecule has 1 aliphatic heterocycles. The molecule has 1 saturated carbocycles. The topological polar surface area (TPSA) is 38.8 Å². The second-order valence-electron chi connectivity index (χ2n) is 5.92. The zero-order valence-corrected chi connectivity index (χ0v) is 12.4. The van der Waals surface area contributed by atoms with Crippen LogP contribution in [0.5, 0.6) is 0 Å². The molecule has 0 aromatic carbocycles. The number of amides is 1. The molecule has 1 aliphatic carbocycles. The number of hydrogen-bond donors (Lipinski definition) is 0. The van der Waals surface area contributed by atoms with Crippen molar-refractivity contribution in [3.8, 4) is 0 Å². The Balaban J connectivity index is 1.97. The average Bonchev–Trinajstić information content (AvgIpc) is 2.88. The summed E-state index contributed by atoms with van der Waals surface area (Å²) in [5, 5.41) is 0. The molecular formula is C15H27NO3. The molecule has 1 heterocycles. The summed E-state index contributed by atoms with van der Waals surface area (Å²) >= 11 is 0. The maximum atomic E-state index is 12.7. The van der Waals surface area contributed by atoms with E-state index in [1.807, 2.05) is 11.8 Å². The molecule has 0 unspecified atom stereocenters. The third kappa shape index (κ3) is 3.48. The van der Waals surface area contributed by atoms with E-state index in [1.165, 1.54) is 12.8 Å². The molecule has 0 spiro atoms. The number of morpholine rings is 1. The Labute approximate surface area is 116 Å². The second-order valence-corrected chi connectivity index (χ2v) is 5.92. The standard InChI is InChI=1S/C15H27NO3/c1-4-14(19-13-7-5-6-8-13)15(17)16-11(2)9-18-10-12(16)3/h11-14H,4-10H2,1-3H3/t11-,12-,14+/m1/s1. The number of carbonyl (C=O) groups is 1. The molecule has 0 radical (unpaired) electrons. The first-order chi connectivity index (χ1) is 9.13. The Kier molecular flexibility index (Phi) is 5.22. The molecule has 0 aromatic heterocycles. The number of nitrogens with zero attached hydrogens (tertiary/aromatic N) is 1. The Hall–Kier alpha value is -0.610. The first kappa shape index (κ1) is 14.8. The molecular weight excluding hydrogens is 242 g/mol. The van der Waals surface area contributed by atoms with Crippen LogP contribution >= 0.6 is 0 Å². The summed E-state index contributed by atoms with van der Waals surface area (Å²) in [6, 6.07) is 0.301. The summed E-state index contributed by atoms with van der Waals surface area (Å²) in [5.41, 5.74) is 0. The lowest BCUT2D eigenvalue weighted by atomic mass is 10.1. The van der Waals surface area contributed by atoms with Gasteiger partial charge in [0.2, 0.25) is 0 Å². The van der Waals surface area contributed by atoms with Gasteiger partial charge in [-0.15, -0.1) is 0 Å². The van der Waals surface area contributed by atoms with Crippen molar-refractivity contribution in [3.05, 3.63) is 0 Å². The van der Waals surface area contributed by atoms with Crippen LogP contribution in [0.3, 0.4) is 0 Å². The fourth-order valence-electron chi connectivity index (χ4n) is 3.19. The van der Waals surface area contributed by atoms with Crippen LogP contribution in [0.2, 0.25) is 0 Å². The summed E-state index contributed by atoms with van der Waals surface area (Å²) in [6.07, 6.45) is 5.47. The van der Waals surface area contributed by atoms with E-state index in [-0.39, 0.29) is 24.1 Å². The lowest BCUT2D eigenvalue weighted by molar-refractivity contribution is -0.160. The summed E-state index contributed by atoms with van der Waals surface area (Å²) in [5.74, 6) is 0.151. The number of ether oxygens (including phenoxy) is 2. The SMILES string of the molecule is CC[C@H](OC1CCCC1)C(=O)N1[C@H](C)COC[C@H]1C. The smallest absolute Gasteiger partial charge is 0.252 e. The molecule has 0 aromatic rings. The number of carbonyl (C=O) groups excluding carboxylic acids is 1. The van der Waals surface area contributed by atoms with E-state index in [2.05, 4.69) is 13.8 Å². The lowest BCUT2D eigenvalue weighted by Gasteiger charge is -2.40. The minimum atomic E-state index is -0.272. The minimum absolute atomic E-state index is 0.150. The molecule has 3 atom stereocenters. The first-order valence-electron chi connectivity index (χ1n) is 7.68. The fraction of sp³-hybridized carbons (Fsp3) is 0.933. The van der Waals surface area contributed by atoms with E-state index in [0.29, 0.717) is 19.3 Å². The van der Waals surface area contributed by atoms with Gasteiger partial charge in [-0.2, -0.15) is 0 Å². The Morgan fingerprint density at radius 1 is 1.26 bits per heavy atom. The fourth-order valence-corrected chi connectivity index (χ4v) is 3.19. The molecule has 4 nitrogen and oxygen atoms in total. The van der Waals surface area contributed by atoms with Crippen molar-refractivity contribution in [3.63, 3.8) is 0 Å². The van der Waals surface area contributed by atoms with Crippen molar-refractivity contribution < 1.29 is 14.3 Å². The summed E-state index contributed by atoms with van der Waals surface area (Å²) < 4.78 is 11.5. The minimum Gasteiger partial charge on any atom is -0.377 e. The van der Waals surface area contributed by atoms with Crippen molar-refractivity contribution in [1.82, 2.24) is 4.90 Å². The predicted octanol–water partition coefficient (Wildman–Crippen LogP) is 2.36. The quantitative estimate of drug-likeness (QED) is 0.786. The normalized spacial score (nSPS) is 30.6. The van der Waals surface area contributed by atoms with Crippen LogP contribution in [0.15, 0.2) is 0 Å². The molecule has 110 valence electrons. The van der Waals surface area contributed by atoms with E-state index >= 15 is 0 Å². The average molecular weight is 269 g/mol. The second kappa shape index (κ2) is 6.71. The molecule has 4 heteroatoms. The van der Waals surface area contributed by atoms with Crippen LogP contribution in [0.4, 0.5) is 0 Å². The Morgan fingerprint density at radius 3 is 2.37 bits per heavy atom. The highest BCUT2D eigenvalue weighted by atomic mass is 16.5. The molecule has 2 fully saturated rings. The highest BCUT2D eigenvalue weighted by Crippen LogP contribution is 2.24. The van der Waals surface area contributed by atoms with Crippen molar-refractivity contribution in [1.29, 1.82) is 0 Å². The number of rotatable bonds is 4. The first-order valence-corrected chi connectivity index (χ1v) is 7.68. The van der Waals surface area contributed by atoms with E-state index < -0.39 is 0 Å². The van der Waals surface area contributed by atoms with Crippen molar-refractivity contribution in [2.75, 3.05) is 13.2 Å². The van der Waals surface area contributed by atoms with Gasteiger partial charge in [0, 0.05) is 0 Å². The van der Waals surface area contributed by atoms with Crippen LogP contribution in [-0.4, -0.2) is 48.3 Å². The molecule has 2 aliphatic rings. The van der Waals surface area contributed by atoms with Gasteiger partial charge in [-0.25, -0.2) is 0 Å². The zero-order chi connectivity index (χ0) is 13.8. The third-order valence-corrected chi connectivity index (χ3v) is 4.23. The van der Waals surface area contributed by atoms with Gasteiger partial charge in [-0.1, -0.05) is 19.8 Å². The monoisotopic (exact) mass is 269 g/mol. The van der Waals surface area contributed by atoms with Crippen LogP contribution < -0.4 is 0 Å². The van der Waals surface area contributed by atoms with Crippen molar-refractivity contribution in [2.45, 2.75) is 77.2 Å². The molecule has 2 rings (SSSR count). The lowest BCUT2D eigenvalue weighted by Crippen LogP contribution is -2.56. The molecule has 0 bridgehead atoms. The Morgan fingerprint density at radius 2 is 1.84 bits per heavy atom. The molecule has 19 heavy (non-hydrogen) atoms. The van der Waals surface area contributed by atoms with Gasteiger partial charge in [-0.05, 0) is 33.1 Å². The maximum Gasteiger partial charge on any atom is 0.252 e. The van der Waals surface area contributed by atoms with Crippen LogP contribution in [0, 0.1) is 0 Å². The van der Waals surface area contributed by atoms with Gasteiger partial charge in [0.1, 0.15) is 6.10 Å². The number of hydrogen-bond acceptors (Lipinski definition) is 3. The van der Waals surface area contributed by atoms with Crippen LogP contribution in [0.25, 0.3) is 0 Å². The van der Waals surface area contributed by atoms with Gasteiger partial charge in [0.05, 0.1) is 31.4 Å². The highest BCUT2D eigenvalue weighted by Gasteiger charge is 2.35. The van der Waals surface area contributed by atoms with Crippen molar-refractivity contribution in [2.24, 2.45) is 0 Å². The zero-order valence-electron chi connectivity index (χ0n) is 12.4. The van der Waals surface area contributed by atoms with Crippen LogP contribution in [-0.2, 0) is 14.3 Å². The Bertz CT molecular complexity index is 292. The predicted molar refractivity (Wildman–Crippen MR) is 74.0 cm³/mol. The maximum absolute atomic E-state index is 12.7. The van der Waals surface area contributed by atoms with E-state index in [0.717, 1.165) is 19.3 Å². The van der Waals surface area contributed by atoms with E-state index in [9.17, 15) is 4.79 Å². The molecule has 1 saturated heterocycles. The third-order valence-electron chi connectivity index (χ3n) is 4.23. The molecule has 1 amide bonds. The summed E-state index contributed by atoms with van der Waals surface area (Å²) in [4.78, 5) is 14.6. The van der Waals surface area contributed by atoms with Crippen molar-refractivity contribution >= 4 is 5.91 Å². The molecule has 0 N–H and O–H groups in total. The van der Waals surface area contributed by atoms with Gasteiger partial charge in [-0.3, -0.25) is 4.79 Å². The highest BCUT2D eigenvalue weighted by molar-refractivity contribution is 5.81. The van der Waals surface area contributed by atoms with Gasteiger partial charge in [0.25, 0.3) is 5.91 Å². The van der Waals surface area contributed by atoms with E-state index in [1.54, 1.807) is 0 Å².